The van der Waals surface area contributed by atoms with Crippen molar-refractivity contribution in [1.29, 1.82) is 0 Å². The van der Waals surface area contributed by atoms with Crippen molar-refractivity contribution < 1.29 is 22.5 Å². The number of nitrogens with zero attached hydrogens (tertiary/aromatic N) is 2. The highest BCUT2D eigenvalue weighted by molar-refractivity contribution is 6.31. The molecule has 1 N–H and O–H groups in total. The minimum atomic E-state index is -4.57. The van der Waals surface area contributed by atoms with Gasteiger partial charge in [0.1, 0.15) is 6.04 Å². The zero-order valence-corrected chi connectivity index (χ0v) is 16.0. The molecule has 1 unspecified atom stereocenters. The second-order valence-electron chi connectivity index (χ2n) is 7.07. The maximum absolute atomic E-state index is 12.9. The smallest absolute Gasteiger partial charge is 0.340 e. The van der Waals surface area contributed by atoms with E-state index < -0.39 is 28.7 Å². The first-order chi connectivity index (χ1) is 13.1. The van der Waals surface area contributed by atoms with Gasteiger partial charge in [-0.1, -0.05) is 36.7 Å². The molecule has 28 heavy (non-hydrogen) atoms. The summed E-state index contributed by atoms with van der Waals surface area (Å²) in [4.78, 5) is 16.6. The van der Waals surface area contributed by atoms with E-state index in [0.29, 0.717) is 17.6 Å². The SMILES string of the molecule is CC(C)C(NC(=O)/C=C/c1ccc(Cl)c(C(F)(F)F)c1)c1nc(C2CC2)no1. The summed E-state index contributed by atoms with van der Waals surface area (Å²) in [7, 11) is 0. The van der Waals surface area contributed by atoms with Crippen molar-refractivity contribution in [1.82, 2.24) is 15.5 Å². The second-order valence-corrected chi connectivity index (χ2v) is 7.47. The van der Waals surface area contributed by atoms with Crippen molar-refractivity contribution in [3.8, 4) is 0 Å². The van der Waals surface area contributed by atoms with E-state index in [4.69, 9.17) is 16.1 Å². The number of hydrogen-bond donors (Lipinski definition) is 1. The van der Waals surface area contributed by atoms with Crippen molar-refractivity contribution in [2.75, 3.05) is 0 Å². The minimum absolute atomic E-state index is 0.0165. The number of carbonyl (C=O) groups is 1. The number of benzene rings is 1. The lowest BCUT2D eigenvalue weighted by Crippen LogP contribution is -2.30. The Bertz CT molecular complexity index is 889. The number of amides is 1. The van der Waals surface area contributed by atoms with Crippen LogP contribution in [0, 0.1) is 5.92 Å². The molecule has 1 aromatic heterocycles. The van der Waals surface area contributed by atoms with Crippen LogP contribution in [0.15, 0.2) is 28.8 Å². The number of aromatic nitrogens is 2. The molecule has 1 aromatic carbocycles. The van der Waals surface area contributed by atoms with Gasteiger partial charge in [-0.3, -0.25) is 4.79 Å². The van der Waals surface area contributed by atoms with Crippen molar-refractivity contribution >= 4 is 23.6 Å². The highest BCUT2D eigenvalue weighted by Crippen LogP contribution is 2.39. The number of rotatable bonds is 6. The molecular weight excluding hydrogens is 395 g/mol. The monoisotopic (exact) mass is 413 g/mol. The van der Waals surface area contributed by atoms with Gasteiger partial charge in [0, 0.05) is 12.0 Å². The molecule has 3 rings (SSSR count). The largest absolute Gasteiger partial charge is 0.417 e. The molecule has 1 heterocycles. The van der Waals surface area contributed by atoms with E-state index in [1.54, 1.807) is 0 Å². The maximum atomic E-state index is 12.9. The molecule has 1 saturated carbocycles. The Labute approximate surface area is 165 Å². The third kappa shape index (κ3) is 4.92. The highest BCUT2D eigenvalue weighted by Gasteiger charge is 2.33. The lowest BCUT2D eigenvalue weighted by atomic mass is 10.0. The van der Waals surface area contributed by atoms with E-state index in [1.165, 1.54) is 12.1 Å². The average molecular weight is 414 g/mol. The first-order valence-corrected chi connectivity index (χ1v) is 9.21. The Morgan fingerprint density at radius 3 is 2.68 bits per heavy atom. The highest BCUT2D eigenvalue weighted by atomic mass is 35.5. The molecule has 0 aliphatic heterocycles. The van der Waals surface area contributed by atoms with Gasteiger partial charge < -0.3 is 9.84 Å². The van der Waals surface area contributed by atoms with Gasteiger partial charge >= 0.3 is 6.18 Å². The third-order valence-corrected chi connectivity index (χ3v) is 4.68. The molecule has 0 radical (unpaired) electrons. The molecule has 0 bridgehead atoms. The average Bonchev–Trinajstić information content (AvgIpc) is 3.35. The summed E-state index contributed by atoms with van der Waals surface area (Å²) in [5.41, 5.74) is -0.739. The van der Waals surface area contributed by atoms with Crippen LogP contribution in [0.25, 0.3) is 6.08 Å². The summed E-state index contributed by atoms with van der Waals surface area (Å²) < 4.78 is 44.1. The van der Waals surface area contributed by atoms with Gasteiger partial charge in [-0.15, -0.1) is 0 Å². The predicted octanol–water partition coefficient (Wildman–Crippen LogP) is 5.15. The Hall–Kier alpha value is -2.35. The van der Waals surface area contributed by atoms with Crippen LogP contribution in [0.1, 0.15) is 61.5 Å². The number of halogens is 4. The van der Waals surface area contributed by atoms with E-state index in [2.05, 4.69) is 15.5 Å². The zero-order chi connectivity index (χ0) is 20.5. The predicted molar refractivity (Wildman–Crippen MR) is 97.5 cm³/mol. The van der Waals surface area contributed by atoms with Crippen LogP contribution >= 0.6 is 11.6 Å². The van der Waals surface area contributed by atoms with Gasteiger partial charge in [0.15, 0.2) is 5.82 Å². The van der Waals surface area contributed by atoms with Crippen LogP contribution in [0.5, 0.6) is 0 Å². The molecule has 1 atom stereocenters. The van der Waals surface area contributed by atoms with E-state index in [0.717, 1.165) is 31.1 Å². The maximum Gasteiger partial charge on any atom is 0.417 e. The Morgan fingerprint density at radius 1 is 1.36 bits per heavy atom. The van der Waals surface area contributed by atoms with Crippen LogP contribution in [0.4, 0.5) is 13.2 Å². The fourth-order valence-corrected chi connectivity index (χ4v) is 2.86. The Morgan fingerprint density at radius 2 is 2.07 bits per heavy atom. The summed E-state index contributed by atoms with van der Waals surface area (Å²) >= 11 is 5.60. The zero-order valence-electron chi connectivity index (χ0n) is 15.3. The number of nitrogens with one attached hydrogen (secondary N) is 1. The Kier molecular flexibility index (Phi) is 5.79. The van der Waals surface area contributed by atoms with Gasteiger partial charge in [-0.2, -0.15) is 18.2 Å². The summed E-state index contributed by atoms with van der Waals surface area (Å²) in [6.45, 7) is 3.79. The first kappa shape index (κ1) is 20.4. The summed E-state index contributed by atoms with van der Waals surface area (Å²) in [6.07, 6.45) is -0.0509. The normalized spacial score (nSPS) is 16.0. The van der Waals surface area contributed by atoms with Crippen LogP contribution in [0.3, 0.4) is 0 Å². The van der Waals surface area contributed by atoms with Crippen LogP contribution in [-0.4, -0.2) is 16.0 Å². The Balaban J connectivity index is 1.70. The van der Waals surface area contributed by atoms with E-state index in [1.807, 2.05) is 13.8 Å². The fraction of sp³-hybridized carbons (Fsp3) is 0.421. The molecule has 0 saturated heterocycles. The van der Waals surface area contributed by atoms with Crippen LogP contribution in [0.2, 0.25) is 5.02 Å². The van der Waals surface area contributed by atoms with Crippen molar-refractivity contribution in [2.45, 2.75) is 44.8 Å². The minimum Gasteiger partial charge on any atom is -0.340 e. The molecule has 5 nitrogen and oxygen atoms in total. The summed E-state index contributed by atoms with van der Waals surface area (Å²) in [5.74, 6) is 0.801. The standard InChI is InChI=1S/C19H19ClF3N3O2/c1-10(2)16(18-25-17(26-28-18)12-5-6-12)24-15(27)8-4-11-3-7-14(20)13(9-11)19(21,22)23/h3-4,7-10,12,16H,5-6H2,1-2H3,(H,24,27)/b8-4+. The summed E-state index contributed by atoms with van der Waals surface area (Å²) in [5, 5.41) is 6.32. The molecule has 1 fully saturated rings. The molecule has 9 heteroatoms. The lowest BCUT2D eigenvalue weighted by molar-refractivity contribution is -0.137. The number of carbonyl (C=O) groups excluding carboxylic acids is 1. The second kappa shape index (κ2) is 7.95. The van der Waals surface area contributed by atoms with E-state index in [-0.39, 0.29) is 11.5 Å². The molecular formula is C19H19ClF3N3O2. The number of hydrogen-bond acceptors (Lipinski definition) is 4. The van der Waals surface area contributed by atoms with Gasteiger partial charge in [-0.25, -0.2) is 0 Å². The molecule has 1 aliphatic carbocycles. The fourth-order valence-electron chi connectivity index (χ4n) is 2.63. The van der Waals surface area contributed by atoms with E-state index >= 15 is 0 Å². The molecule has 1 aliphatic rings. The van der Waals surface area contributed by atoms with Gasteiger partial charge in [0.25, 0.3) is 0 Å². The lowest BCUT2D eigenvalue weighted by Gasteiger charge is -2.17. The quantitative estimate of drug-likeness (QED) is 0.665. The number of alkyl halides is 3. The van der Waals surface area contributed by atoms with Gasteiger partial charge in [0.2, 0.25) is 11.8 Å². The molecule has 0 spiro atoms. The molecule has 1 amide bonds. The van der Waals surface area contributed by atoms with Crippen molar-refractivity contribution in [3.05, 3.63) is 52.1 Å². The molecule has 150 valence electrons. The topological polar surface area (TPSA) is 68.0 Å². The van der Waals surface area contributed by atoms with E-state index in [9.17, 15) is 18.0 Å². The molecule has 2 aromatic rings. The van der Waals surface area contributed by atoms with Crippen LogP contribution < -0.4 is 5.32 Å². The van der Waals surface area contributed by atoms with Gasteiger partial charge in [-0.05, 0) is 42.5 Å². The van der Waals surface area contributed by atoms with Crippen LogP contribution in [-0.2, 0) is 11.0 Å². The van der Waals surface area contributed by atoms with Crippen molar-refractivity contribution in [3.63, 3.8) is 0 Å². The summed E-state index contributed by atoms with van der Waals surface area (Å²) in [6, 6.07) is 2.96. The van der Waals surface area contributed by atoms with Gasteiger partial charge in [0.05, 0.1) is 10.6 Å². The third-order valence-electron chi connectivity index (χ3n) is 4.35. The van der Waals surface area contributed by atoms with Crippen molar-refractivity contribution in [2.24, 2.45) is 5.92 Å². The first-order valence-electron chi connectivity index (χ1n) is 8.84.